The number of carbonyl (C=O) groups excluding carboxylic acids is 1. The first kappa shape index (κ1) is 15.1. The number of carbonyl (C=O) groups is 1. The summed E-state index contributed by atoms with van der Waals surface area (Å²) in [5.74, 6) is -0.468. The van der Waals surface area contributed by atoms with Crippen molar-refractivity contribution in [3.8, 4) is 0 Å². The Morgan fingerprint density at radius 3 is 2.57 bits per heavy atom. The van der Waals surface area contributed by atoms with Gasteiger partial charge >= 0.3 is 0 Å². The van der Waals surface area contributed by atoms with Crippen molar-refractivity contribution >= 4 is 28.9 Å². The second-order valence-corrected chi connectivity index (χ2v) is 5.32. The van der Waals surface area contributed by atoms with Gasteiger partial charge in [-0.2, -0.15) is 0 Å². The number of pyridine rings is 1. The lowest BCUT2D eigenvalue weighted by molar-refractivity contribution is 0.102. The van der Waals surface area contributed by atoms with E-state index in [0.717, 1.165) is 5.69 Å². The number of nitrogens with one attached hydrogen (secondary N) is 2. The summed E-state index contributed by atoms with van der Waals surface area (Å²) in [4.78, 5) is 28.6. The monoisotopic (exact) mass is 305 g/mol. The van der Waals surface area contributed by atoms with Crippen molar-refractivity contribution < 1.29 is 4.79 Å². The molecule has 0 radical (unpaired) electrons. The summed E-state index contributed by atoms with van der Waals surface area (Å²) in [6, 6.07) is 6.58. The van der Waals surface area contributed by atoms with Crippen LogP contribution in [-0.2, 0) is 0 Å². The smallest absolute Gasteiger partial charge is 0.261 e. The first-order valence-corrected chi connectivity index (χ1v) is 6.74. The molecule has 0 aliphatic heterocycles. The molecule has 0 aliphatic carbocycles. The summed E-state index contributed by atoms with van der Waals surface area (Å²) in [7, 11) is 3.76. The van der Waals surface area contributed by atoms with Gasteiger partial charge in [0.05, 0.1) is 10.7 Å². The molecule has 5 nitrogen and oxygen atoms in total. The Bertz CT molecular complexity index is 738. The number of rotatable bonds is 3. The number of halogens is 1. The van der Waals surface area contributed by atoms with E-state index in [9.17, 15) is 9.59 Å². The topological polar surface area (TPSA) is 65.2 Å². The fourth-order valence-corrected chi connectivity index (χ4v) is 2.25. The molecule has 0 unspecified atom stereocenters. The van der Waals surface area contributed by atoms with Crippen LogP contribution in [0.15, 0.2) is 35.3 Å². The van der Waals surface area contributed by atoms with Crippen LogP contribution in [-0.4, -0.2) is 25.0 Å². The summed E-state index contributed by atoms with van der Waals surface area (Å²) in [6.45, 7) is 1.75. The Labute approximate surface area is 127 Å². The molecule has 1 heterocycles. The first-order chi connectivity index (χ1) is 9.88. The third-order valence-corrected chi connectivity index (χ3v) is 3.29. The lowest BCUT2D eigenvalue weighted by Crippen LogP contribution is -2.21. The summed E-state index contributed by atoms with van der Waals surface area (Å²) in [5, 5.41) is 3.19. The van der Waals surface area contributed by atoms with Crippen LogP contribution >= 0.6 is 11.6 Å². The predicted molar refractivity (Wildman–Crippen MR) is 85.5 cm³/mol. The van der Waals surface area contributed by atoms with E-state index < -0.39 is 5.91 Å². The minimum Gasteiger partial charge on any atom is -0.376 e. The maximum atomic E-state index is 12.1. The van der Waals surface area contributed by atoms with Gasteiger partial charge in [0.15, 0.2) is 5.43 Å². The largest absolute Gasteiger partial charge is 0.376 e. The van der Waals surface area contributed by atoms with Crippen molar-refractivity contribution in [3.05, 3.63) is 57.0 Å². The zero-order valence-electron chi connectivity index (χ0n) is 12.0. The van der Waals surface area contributed by atoms with Gasteiger partial charge in [0.1, 0.15) is 5.56 Å². The highest BCUT2D eigenvalue weighted by molar-refractivity contribution is 6.33. The van der Waals surface area contributed by atoms with Crippen molar-refractivity contribution in [2.45, 2.75) is 6.92 Å². The van der Waals surface area contributed by atoms with Gasteiger partial charge in [0, 0.05) is 37.7 Å². The number of benzene rings is 1. The molecule has 0 fully saturated rings. The second kappa shape index (κ2) is 6.01. The molecule has 1 aromatic heterocycles. The van der Waals surface area contributed by atoms with Crippen LogP contribution in [0.2, 0.25) is 5.02 Å². The van der Waals surface area contributed by atoms with E-state index in [1.54, 1.807) is 25.1 Å². The fourth-order valence-electron chi connectivity index (χ4n) is 1.90. The number of hydrogen-bond acceptors (Lipinski definition) is 3. The van der Waals surface area contributed by atoms with Crippen LogP contribution < -0.4 is 15.6 Å². The third kappa shape index (κ3) is 3.44. The Hall–Kier alpha value is -2.27. The Kier molecular flexibility index (Phi) is 4.33. The number of amides is 1. The quantitative estimate of drug-likeness (QED) is 0.916. The number of aryl methyl sites for hydroxylation is 1. The van der Waals surface area contributed by atoms with E-state index in [4.69, 9.17) is 11.6 Å². The third-order valence-electron chi connectivity index (χ3n) is 2.99. The maximum absolute atomic E-state index is 12.1. The van der Waals surface area contributed by atoms with E-state index in [1.165, 1.54) is 12.3 Å². The molecule has 110 valence electrons. The molecule has 0 saturated heterocycles. The SMILES string of the molecule is Cc1cc(=O)c(C(=O)Nc2ccc(N(C)C)c(Cl)c2)c[nH]1. The molecule has 0 bridgehead atoms. The number of nitrogens with zero attached hydrogens (tertiary/aromatic N) is 1. The zero-order valence-corrected chi connectivity index (χ0v) is 12.8. The molecule has 6 heteroatoms. The lowest BCUT2D eigenvalue weighted by Gasteiger charge is -2.15. The molecule has 1 aromatic carbocycles. The van der Waals surface area contributed by atoms with Gasteiger partial charge in [-0.3, -0.25) is 9.59 Å². The minimum absolute atomic E-state index is 0.0633. The van der Waals surface area contributed by atoms with Crippen LogP contribution in [0.1, 0.15) is 16.1 Å². The van der Waals surface area contributed by atoms with Crippen molar-refractivity contribution in [3.63, 3.8) is 0 Å². The van der Waals surface area contributed by atoms with E-state index >= 15 is 0 Å². The lowest BCUT2D eigenvalue weighted by atomic mass is 10.2. The van der Waals surface area contributed by atoms with E-state index in [0.29, 0.717) is 16.4 Å². The number of anilines is 2. The van der Waals surface area contributed by atoms with Crippen LogP contribution in [0.3, 0.4) is 0 Å². The summed E-state index contributed by atoms with van der Waals surface area (Å²) < 4.78 is 0. The highest BCUT2D eigenvalue weighted by Gasteiger charge is 2.11. The van der Waals surface area contributed by atoms with E-state index in [1.807, 2.05) is 19.0 Å². The van der Waals surface area contributed by atoms with Crippen LogP contribution in [0.25, 0.3) is 0 Å². The summed E-state index contributed by atoms with van der Waals surface area (Å²) in [6.07, 6.45) is 1.41. The van der Waals surface area contributed by atoms with Gasteiger partial charge in [-0.25, -0.2) is 0 Å². The van der Waals surface area contributed by atoms with Crippen LogP contribution in [0.5, 0.6) is 0 Å². The van der Waals surface area contributed by atoms with Gasteiger partial charge in [0.2, 0.25) is 0 Å². The van der Waals surface area contributed by atoms with Gasteiger partial charge in [-0.15, -0.1) is 0 Å². The van der Waals surface area contributed by atoms with Gasteiger partial charge in [-0.1, -0.05) is 11.6 Å². The minimum atomic E-state index is -0.468. The predicted octanol–water partition coefficient (Wildman–Crippen LogP) is 2.66. The molecule has 0 saturated carbocycles. The van der Waals surface area contributed by atoms with Gasteiger partial charge < -0.3 is 15.2 Å². The normalized spacial score (nSPS) is 10.3. The summed E-state index contributed by atoms with van der Waals surface area (Å²) >= 11 is 6.15. The Morgan fingerprint density at radius 2 is 2.00 bits per heavy atom. The van der Waals surface area contributed by atoms with Crippen molar-refractivity contribution in [2.75, 3.05) is 24.3 Å². The van der Waals surface area contributed by atoms with Crippen molar-refractivity contribution in [1.29, 1.82) is 0 Å². The molecule has 2 aromatic rings. The summed E-state index contributed by atoms with van der Waals surface area (Å²) in [5.41, 5.74) is 1.83. The average molecular weight is 306 g/mol. The first-order valence-electron chi connectivity index (χ1n) is 6.36. The van der Waals surface area contributed by atoms with Gasteiger partial charge in [0.25, 0.3) is 5.91 Å². The molecule has 0 aliphatic rings. The molecule has 1 amide bonds. The standard InChI is InChI=1S/C15H16ClN3O2/c1-9-6-14(20)11(8-17-9)15(21)18-10-4-5-13(19(2)3)12(16)7-10/h4-8H,1-3H3,(H,17,20)(H,18,21). The zero-order chi connectivity index (χ0) is 15.6. The highest BCUT2D eigenvalue weighted by Crippen LogP contribution is 2.27. The van der Waals surface area contributed by atoms with Gasteiger partial charge in [-0.05, 0) is 25.1 Å². The number of aromatic nitrogens is 1. The molecular weight excluding hydrogens is 290 g/mol. The van der Waals surface area contributed by atoms with E-state index in [-0.39, 0.29) is 11.0 Å². The second-order valence-electron chi connectivity index (χ2n) is 4.91. The molecule has 2 N–H and O–H groups in total. The van der Waals surface area contributed by atoms with Crippen LogP contribution in [0, 0.1) is 6.92 Å². The number of aromatic amines is 1. The van der Waals surface area contributed by atoms with Crippen molar-refractivity contribution in [2.24, 2.45) is 0 Å². The molecular formula is C15H16ClN3O2. The fraction of sp³-hybridized carbons (Fsp3) is 0.200. The molecule has 0 spiro atoms. The van der Waals surface area contributed by atoms with Crippen LogP contribution in [0.4, 0.5) is 11.4 Å². The average Bonchev–Trinajstić information content (AvgIpc) is 2.37. The van der Waals surface area contributed by atoms with Crippen molar-refractivity contribution in [1.82, 2.24) is 4.98 Å². The Morgan fingerprint density at radius 1 is 1.29 bits per heavy atom. The van der Waals surface area contributed by atoms with E-state index in [2.05, 4.69) is 10.3 Å². The molecule has 0 atom stereocenters. The Balaban J connectivity index is 2.24. The molecule has 21 heavy (non-hydrogen) atoms. The maximum Gasteiger partial charge on any atom is 0.261 e. The highest BCUT2D eigenvalue weighted by atomic mass is 35.5. The number of hydrogen-bond donors (Lipinski definition) is 2. The molecule has 2 rings (SSSR count). The number of H-pyrrole nitrogens is 1.